The molecule has 0 aliphatic carbocycles. The molecule has 0 atom stereocenters. The summed E-state index contributed by atoms with van der Waals surface area (Å²) in [7, 11) is 0. The third-order valence-electron chi connectivity index (χ3n) is 12.0. The monoisotopic (exact) mass is 777 g/mol. The summed E-state index contributed by atoms with van der Waals surface area (Å²) in [5, 5.41) is 9.11. The molecule has 0 aliphatic heterocycles. The number of furan rings is 1. The first kappa shape index (κ1) is 34.8. The van der Waals surface area contributed by atoms with E-state index in [0.717, 1.165) is 55.0 Å². The second-order valence-corrected chi connectivity index (χ2v) is 15.4. The van der Waals surface area contributed by atoms with Gasteiger partial charge in [-0.15, -0.1) is 0 Å². The van der Waals surface area contributed by atoms with Crippen LogP contribution in [-0.4, -0.2) is 15.0 Å². The smallest absolute Gasteiger partial charge is 0.167 e. The van der Waals surface area contributed by atoms with Gasteiger partial charge in [0.15, 0.2) is 17.5 Å². The highest BCUT2D eigenvalue weighted by Gasteiger charge is 2.22. The van der Waals surface area contributed by atoms with E-state index >= 15 is 0 Å². The molecule has 4 heteroatoms. The molecule has 0 spiro atoms. The number of benzene rings is 10. The molecule has 12 rings (SSSR count). The van der Waals surface area contributed by atoms with Gasteiger partial charge in [0.1, 0.15) is 11.2 Å². The third kappa shape index (κ3) is 5.80. The van der Waals surface area contributed by atoms with E-state index < -0.39 is 0 Å². The molecule has 284 valence electrons. The summed E-state index contributed by atoms with van der Waals surface area (Å²) in [6, 6.07) is 74.8. The molecule has 10 aromatic carbocycles. The van der Waals surface area contributed by atoms with E-state index in [0.29, 0.717) is 17.5 Å². The standard InChI is InChI=1S/C57H35N3O/c1-3-16-36(17-4-1)37-30-32-38(33-31-37)52-43-23-9-11-25-45(43)53(46-26-12-10-24-44(46)52)47-34-35-49(41-21-8-7-20-40(41)47)56-58-55(39-18-5-2-6-19-39)59-57(60-56)50-28-15-27-48-42-22-13-14-29-51(42)61-54(48)50/h1-35H. The summed E-state index contributed by atoms with van der Waals surface area (Å²) in [5.41, 5.74) is 11.5. The number of rotatable bonds is 6. The van der Waals surface area contributed by atoms with Gasteiger partial charge >= 0.3 is 0 Å². The fourth-order valence-electron chi connectivity index (χ4n) is 9.16. The molecule has 0 unspecified atom stereocenters. The maximum Gasteiger partial charge on any atom is 0.167 e. The van der Waals surface area contributed by atoms with Gasteiger partial charge in [-0.05, 0) is 83.9 Å². The van der Waals surface area contributed by atoms with Gasteiger partial charge in [0, 0.05) is 21.9 Å². The Balaban J connectivity index is 1.07. The zero-order chi connectivity index (χ0) is 40.3. The van der Waals surface area contributed by atoms with Crippen molar-refractivity contribution in [2.24, 2.45) is 0 Å². The zero-order valence-corrected chi connectivity index (χ0v) is 33.0. The molecule has 0 radical (unpaired) electrons. The first-order valence-corrected chi connectivity index (χ1v) is 20.6. The van der Waals surface area contributed by atoms with E-state index in [-0.39, 0.29) is 0 Å². The summed E-state index contributed by atoms with van der Waals surface area (Å²) in [4.78, 5) is 15.6. The van der Waals surface area contributed by atoms with Crippen molar-refractivity contribution in [1.29, 1.82) is 0 Å². The molecule has 0 aliphatic rings. The lowest BCUT2D eigenvalue weighted by Gasteiger charge is -2.19. The van der Waals surface area contributed by atoms with Gasteiger partial charge < -0.3 is 4.42 Å². The predicted octanol–water partition coefficient (Wildman–Crippen LogP) is 15.2. The third-order valence-corrected chi connectivity index (χ3v) is 12.0. The van der Waals surface area contributed by atoms with Gasteiger partial charge in [0.2, 0.25) is 0 Å². The Morgan fingerprint density at radius 2 is 0.689 bits per heavy atom. The molecule has 61 heavy (non-hydrogen) atoms. The average molecular weight is 778 g/mol. The molecule has 0 bridgehead atoms. The van der Waals surface area contributed by atoms with Crippen LogP contribution in [0, 0.1) is 0 Å². The van der Waals surface area contributed by atoms with E-state index in [9.17, 15) is 0 Å². The largest absolute Gasteiger partial charge is 0.455 e. The van der Waals surface area contributed by atoms with Crippen molar-refractivity contribution in [1.82, 2.24) is 15.0 Å². The molecule has 0 saturated carbocycles. The van der Waals surface area contributed by atoms with Crippen LogP contribution in [-0.2, 0) is 0 Å². The Labute approximate surface area is 352 Å². The van der Waals surface area contributed by atoms with Gasteiger partial charge in [-0.1, -0.05) is 194 Å². The van der Waals surface area contributed by atoms with Crippen molar-refractivity contribution in [2.75, 3.05) is 0 Å². The summed E-state index contributed by atoms with van der Waals surface area (Å²) in [6.07, 6.45) is 0. The first-order valence-electron chi connectivity index (χ1n) is 20.6. The average Bonchev–Trinajstić information content (AvgIpc) is 3.73. The summed E-state index contributed by atoms with van der Waals surface area (Å²) < 4.78 is 6.49. The Morgan fingerprint density at radius 1 is 0.246 bits per heavy atom. The fraction of sp³-hybridized carbons (Fsp3) is 0. The maximum atomic E-state index is 6.49. The van der Waals surface area contributed by atoms with Crippen molar-refractivity contribution in [3.8, 4) is 67.5 Å². The highest BCUT2D eigenvalue weighted by Crippen LogP contribution is 2.47. The highest BCUT2D eigenvalue weighted by atomic mass is 16.3. The van der Waals surface area contributed by atoms with Crippen molar-refractivity contribution < 1.29 is 4.42 Å². The van der Waals surface area contributed by atoms with Crippen LogP contribution in [0.1, 0.15) is 0 Å². The summed E-state index contributed by atoms with van der Waals surface area (Å²) in [5.74, 6) is 1.76. The highest BCUT2D eigenvalue weighted by molar-refractivity contribution is 6.24. The Morgan fingerprint density at radius 3 is 1.34 bits per heavy atom. The molecule has 2 aromatic heterocycles. The van der Waals surface area contributed by atoms with Gasteiger partial charge in [-0.3, -0.25) is 0 Å². The Bertz CT molecular complexity index is 3570. The quantitative estimate of drug-likeness (QED) is 0.158. The zero-order valence-electron chi connectivity index (χ0n) is 33.0. The van der Waals surface area contributed by atoms with Crippen molar-refractivity contribution in [3.63, 3.8) is 0 Å². The van der Waals surface area contributed by atoms with Gasteiger partial charge in [-0.25, -0.2) is 15.0 Å². The van der Waals surface area contributed by atoms with Crippen LogP contribution in [0.5, 0.6) is 0 Å². The lowest BCUT2D eigenvalue weighted by atomic mass is 9.84. The lowest BCUT2D eigenvalue weighted by Crippen LogP contribution is -2.01. The fourth-order valence-corrected chi connectivity index (χ4v) is 9.16. The van der Waals surface area contributed by atoms with Crippen LogP contribution in [0.4, 0.5) is 0 Å². The number of aromatic nitrogens is 3. The number of para-hydroxylation sites is 2. The number of hydrogen-bond donors (Lipinski definition) is 0. The molecule has 0 saturated heterocycles. The van der Waals surface area contributed by atoms with Gasteiger partial charge in [0.25, 0.3) is 0 Å². The molecule has 0 N–H and O–H groups in total. The second-order valence-electron chi connectivity index (χ2n) is 15.4. The Hall–Kier alpha value is -8.21. The van der Waals surface area contributed by atoms with E-state index in [2.05, 4.69) is 158 Å². The van der Waals surface area contributed by atoms with Gasteiger partial charge in [0.05, 0.1) is 5.56 Å². The number of fused-ring (bicyclic) bond motifs is 6. The second kappa shape index (κ2) is 14.3. The van der Waals surface area contributed by atoms with E-state index in [1.165, 1.54) is 49.4 Å². The van der Waals surface area contributed by atoms with Crippen molar-refractivity contribution in [3.05, 3.63) is 212 Å². The van der Waals surface area contributed by atoms with Crippen LogP contribution < -0.4 is 0 Å². The summed E-state index contributed by atoms with van der Waals surface area (Å²) in [6.45, 7) is 0. The van der Waals surface area contributed by atoms with Crippen molar-refractivity contribution >= 4 is 54.3 Å². The lowest BCUT2D eigenvalue weighted by molar-refractivity contribution is 0.669. The predicted molar refractivity (Wildman–Crippen MR) is 252 cm³/mol. The molecule has 4 nitrogen and oxygen atoms in total. The maximum absolute atomic E-state index is 6.49. The number of hydrogen-bond acceptors (Lipinski definition) is 4. The molecule has 12 aromatic rings. The molecular weight excluding hydrogens is 743 g/mol. The topological polar surface area (TPSA) is 51.8 Å². The van der Waals surface area contributed by atoms with Crippen LogP contribution in [0.3, 0.4) is 0 Å². The van der Waals surface area contributed by atoms with E-state index in [1.54, 1.807) is 0 Å². The molecule has 0 fully saturated rings. The Kier molecular flexibility index (Phi) is 8.13. The minimum atomic E-state index is 0.561. The molecule has 0 amide bonds. The van der Waals surface area contributed by atoms with Crippen LogP contribution in [0.15, 0.2) is 217 Å². The normalized spacial score (nSPS) is 11.6. The van der Waals surface area contributed by atoms with Crippen LogP contribution in [0.25, 0.3) is 122 Å². The van der Waals surface area contributed by atoms with Crippen LogP contribution in [0.2, 0.25) is 0 Å². The van der Waals surface area contributed by atoms with Gasteiger partial charge in [-0.2, -0.15) is 0 Å². The summed E-state index contributed by atoms with van der Waals surface area (Å²) >= 11 is 0. The van der Waals surface area contributed by atoms with Crippen molar-refractivity contribution in [2.45, 2.75) is 0 Å². The first-order chi connectivity index (χ1) is 30.3. The minimum absolute atomic E-state index is 0.561. The SMILES string of the molecule is c1ccc(-c2ccc(-c3c4ccccc4c(-c4ccc(-c5nc(-c6ccccc6)nc(-c6cccc7c6oc6ccccc67)n5)c5ccccc45)c4ccccc34)cc2)cc1. The van der Waals surface area contributed by atoms with E-state index in [4.69, 9.17) is 19.4 Å². The molecule has 2 heterocycles. The molecular formula is C57H35N3O. The minimum Gasteiger partial charge on any atom is -0.455 e. The number of nitrogens with zero attached hydrogens (tertiary/aromatic N) is 3. The van der Waals surface area contributed by atoms with E-state index in [1.807, 2.05) is 54.6 Å². The van der Waals surface area contributed by atoms with Crippen LogP contribution >= 0.6 is 0 Å².